The summed E-state index contributed by atoms with van der Waals surface area (Å²) in [6.45, 7) is 8.98. The Morgan fingerprint density at radius 3 is 2.42 bits per heavy atom. The molecule has 6 heteroatoms. The first kappa shape index (κ1) is 25.0. The number of hydrogen-bond acceptors (Lipinski definition) is 3. The largest absolute Gasteiger partial charge is 0.496 e. The van der Waals surface area contributed by atoms with E-state index in [0.29, 0.717) is 0 Å². The molecule has 0 heterocycles. The third-order valence-electron chi connectivity index (χ3n) is 4.94. The number of nitrogens with one attached hydrogen (secondary N) is 2. The van der Waals surface area contributed by atoms with E-state index in [1.54, 1.807) is 7.11 Å². The van der Waals surface area contributed by atoms with Crippen LogP contribution in [0.2, 0.25) is 0 Å². The maximum Gasteiger partial charge on any atom is 0.191 e. The standard InChI is InChI=1S/C20H35N3O2.HI/c1-5-20(6-2,13-15-24)16-23-19(21-7-3)22-14-12-17-10-8-9-11-18(17)25-4;/h8-11,24H,5-7,12-16H2,1-4H3,(H2,21,22,23);1H. The molecular weight excluding hydrogens is 441 g/mol. The molecule has 0 amide bonds. The van der Waals surface area contributed by atoms with Crippen LogP contribution < -0.4 is 15.4 Å². The van der Waals surface area contributed by atoms with Gasteiger partial charge < -0.3 is 20.5 Å². The van der Waals surface area contributed by atoms with Crippen LogP contribution in [0.4, 0.5) is 0 Å². The molecule has 1 aromatic carbocycles. The lowest BCUT2D eigenvalue weighted by Crippen LogP contribution is -2.39. The van der Waals surface area contributed by atoms with Crippen molar-refractivity contribution >= 4 is 29.9 Å². The van der Waals surface area contributed by atoms with Crippen molar-refractivity contribution in [3.05, 3.63) is 29.8 Å². The maximum atomic E-state index is 9.36. The molecule has 150 valence electrons. The van der Waals surface area contributed by atoms with Gasteiger partial charge in [0.25, 0.3) is 0 Å². The summed E-state index contributed by atoms with van der Waals surface area (Å²) >= 11 is 0. The van der Waals surface area contributed by atoms with Crippen LogP contribution in [0.5, 0.6) is 5.75 Å². The lowest BCUT2D eigenvalue weighted by atomic mass is 9.79. The third kappa shape index (κ3) is 8.12. The number of benzene rings is 1. The van der Waals surface area contributed by atoms with Crippen molar-refractivity contribution in [3.63, 3.8) is 0 Å². The van der Waals surface area contributed by atoms with Gasteiger partial charge >= 0.3 is 0 Å². The van der Waals surface area contributed by atoms with Crippen molar-refractivity contribution < 1.29 is 9.84 Å². The highest BCUT2D eigenvalue weighted by Crippen LogP contribution is 2.30. The average Bonchev–Trinajstić information content (AvgIpc) is 2.65. The first-order valence-corrected chi connectivity index (χ1v) is 9.39. The summed E-state index contributed by atoms with van der Waals surface area (Å²) in [6, 6.07) is 8.09. The Hall–Kier alpha value is -1.02. The Kier molecular flexibility index (Phi) is 13.5. The average molecular weight is 477 g/mol. The molecule has 0 aliphatic heterocycles. The normalized spacial score (nSPS) is 11.7. The molecule has 0 spiro atoms. The summed E-state index contributed by atoms with van der Waals surface area (Å²) in [4.78, 5) is 4.77. The van der Waals surface area contributed by atoms with E-state index in [9.17, 15) is 5.11 Å². The zero-order chi connectivity index (χ0) is 18.5. The summed E-state index contributed by atoms with van der Waals surface area (Å²) in [7, 11) is 1.70. The molecule has 0 aliphatic rings. The molecule has 0 fully saturated rings. The van der Waals surface area contributed by atoms with E-state index in [1.165, 1.54) is 5.56 Å². The van der Waals surface area contributed by atoms with Crippen LogP contribution in [0.25, 0.3) is 0 Å². The Morgan fingerprint density at radius 2 is 1.85 bits per heavy atom. The van der Waals surface area contributed by atoms with E-state index < -0.39 is 0 Å². The number of aliphatic hydroxyl groups is 1. The van der Waals surface area contributed by atoms with Gasteiger partial charge in [-0.15, -0.1) is 24.0 Å². The van der Waals surface area contributed by atoms with E-state index in [0.717, 1.165) is 57.0 Å². The van der Waals surface area contributed by atoms with Gasteiger partial charge in [-0.3, -0.25) is 4.99 Å². The fourth-order valence-corrected chi connectivity index (χ4v) is 2.96. The lowest BCUT2D eigenvalue weighted by Gasteiger charge is -2.29. The topological polar surface area (TPSA) is 65.9 Å². The van der Waals surface area contributed by atoms with Crippen LogP contribution in [0.3, 0.4) is 0 Å². The van der Waals surface area contributed by atoms with Crippen LogP contribution in [0.1, 0.15) is 45.6 Å². The monoisotopic (exact) mass is 477 g/mol. The highest BCUT2D eigenvalue weighted by Gasteiger charge is 2.25. The molecule has 1 aromatic rings. The second-order valence-electron chi connectivity index (χ2n) is 6.36. The Balaban J connectivity index is 0.00000625. The number of para-hydroxylation sites is 1. The van der Waals surface area contributed by atoms with E-state index in [1.807, 2.05) is 18.2 Å². The summed E-state index contributed by atoms with van der Waals surface area (Å²) in [5.41, 5.74) is 1.27. The van der Waals surface area contributed by atoms with Crippen LogP contribution >= 0.6 is 24.0 Å². The Bertz CT molecular complexity index is 520. The maximum absolute atomic E-state index is 9.36. The number of rotatable bonds is 11. The number of aliphatic hydroxyl groups excluding tert-OH is 1. The van der Waals surface area contributed by atoms with Crippen LogP contribution in [-0.2, 0) is 6.42 Å². The summed E-state index contributed by atoms with van der Waals surface area (Å²) in [6.07, 6.45) is 3.71. The fourth-order valence-electron chi connectivity index (χ4n) is 2.96. The van der Waals surface area contributed by atoms with Gasteiger partial charge in [0.2, 0.25) is 0 Å². The molecule has 0 atom stereocenters. The summed E-state index contributed by atoms with van der Waals surface area (Å²) in [5, 5.41) is 16.1. The van der Waals surface area contributed by atoms with E-state index in [-0.39, 0.29) is 36.0 Å². The summed E-state index contributed by atoms with van der Waals surface area (Å²) in [5.74, 6) is 1.76. The number of methoxy groups -OCH3 is 1. The van der Waals surface area contributed by atoms with Crippen LogP contribution in [0, 0.1) is 5.41 Å². The number of nitrogens with zero attached hydrogens (tertiary/aromatic N) is 1. The quantitative estimate of drug-likeness (QED) is 0.259. The van der Waals surface area contributed by atoms with Gasteiger partial charge in [0.05, 0.1) is 7.11 Å². The minimum Gasteiger partial charge on any atom is -0.496 e. The molecule has 3 N–H and O–H groups in total. The van der Waals surface area contributed by atoms with Crippen molar-refractivity contribution in [2.75, 3.05) is 33.4 Å². The van der Waals surface area contributed by atoms with E-state index in [4.69, 9.17) is 9.73 Å². The second kappa shape index (κ2) is 14.1. The third-order valence-corrected chi connectivity index (χ3v) is 4.94. The molecule has 0 saturated carbocycles. The van der Waals surface area contributed by atoms with E-state index in [2.05, 4.69) is 37.5 Å². The smallest absolute Gasteiger partial charge is 0.191 e. The molecule has 0 aromatic heterocycles. The Labute approximate surface area is 176 Å². The molecule has 0 bridgehead atoms. The highest BCUT2D eigenvalue weighted by atomic mass is 127. The number of halogens is 1. The van der Waals surface area contributed by atoms with Gasteiger partial charge in [-0.05, 0) is 49.7 Å². The van der Waals surface area contributed by atoms with Gasteiger partial charge in [0, 0.05) is 26.2 Å². The number of ether oxygens (including phenoxy) is 1. The van der Waals surface area contributed by atoms with Crippen molar-refractivity contribution in [2.24, 2.45) is 10.4 Å². The predicted octanol–water partition coefficient (Wildman–Crippen LogP) is 3.60. The predicted molar refractivity (Wildman–Crippen MR) is 121 cm³/mol. The van der Waals surface area contributed by atoms with Gasteiger partial charge in [0.1, 0.15) is 5.75 Å². The number of guanidine groups is 1. The molecule has 5 nitrogen and oxygen atoms in total. The zero-order valence-electron chi connectivity index (χ0n) is 16.7. The molecule has 0 unspecified atom stereocenters. The van der Waals surface area contributed by atoms with Gasteiger partial charge in [0.15, 0.2) is 5.96 Å². The molecular formula is C20H36IN3O2. The van der Waals surface area contributed by atoms with Crippen LogP contribution in [-0.4, -0.2) is 44.4 Å². The highest BCUT2D eigenvalue weighted by molar-refractivity contribution is 14.0. The van der Waals surface area contributed by atoms with Crippen molar-refractivity contribution in [3.8, 4) is 5.75 Å². The SMILES string of the molecule is CCNC(=NCC(CC)(CC)CCO)NCCc1ccccc1OC.I. The van der Waals surface area contributed by atoms with E-state index >= 15 is 0 Å². The number of aliphatic imine (C=N–C) groups is 1. The molecule has 26 heavy (non-hydrogen) atoms. The molecule has 0 radical (unpaired) electrons. The zero-order valence-corrected chi connectivity index (χ0v) is 19.0. The Morgan fingerprint density at radius 1 is 1.15 bits per heavy atom. The minimum absolute atomic E-state index is 0. The first-order chi connectivity index (χ1) is 12.1. The van der Waals surface area contributed by atoms with Gasteiger partial charge in [-0.2, -0.15) is 0 Å². The van der Waals surface area contributed by atoms with Crippen molar-refractivity contribution in [1.82, 2.24) is 10.6 Å². The summed E-state index contributed by atoms with van der Waals surface area (Å²) < 4.78 is 5.40. The molecule has 1 rings (SSSR count). The fraction of sp³-hybridized carbons (Fsp3) is 0.650. The molecule has 0 saturated heterocycles. The molecule has 0 aliphatic carbocycles. The van der Waals surface area contributed by atoms with Gasteiger partial charge in [-0.25, -0.2) is 0 Å². The minimum atomic E-state index is 0. The van der Waals surface area contributed by atoms with Gasteiger partial charge in [-0.1, -0.05) is 32.0 Å². The first-order valence-electron chi connectivity index (χ1n) is 9.39. The number of hydrogen-bond donors (Lipinski definition) is 3. The van der Waals surface area contributed by atoms with Crippen molar-refractivity contribution in [1.29, 1.82) is 0 Å². The van der Waals surface area contributed by atoms with Crippen LogP contribution in [0.15, 0.2) is 29.3 Å². The van der Waals surface area contributed by atoms with Crippen molar-refractivity contribution in [2.45, 2.75) is 46.5 Å². The second-order valence-corrected chi connectivity index (χ2v) is 6.36. The lowest BCUT2D eigenvalue weighted by molar-refractivity contribution is 0.175.